The van der Waals surface area contributed by atoms with Crippen molar-refractivity contribution < 1.29 is 13.2 Å². The molecule has 2 rings (SSSR count). The summed E-state index contributed by atoms with van der Waals surface area (Å²) in [5.41, 5.74) is -0.195. The number of benzene rings is 1. The molecule has 1 aliphatic rings. The molecule has 1 nitrogen and oxygen atoms in total. The van der Waals surface area contributed by atoms with Gasteiger partial charge in [-0.2, -0.15) is 0 Å². The van der Waals surface area contributed by atoms with Crippen molar-refractivity contribution in [3.05, 3.63) is 33.6 Å². The zero-order valence-electron chi connectivity index (χ0n) is 7.79. The largest absolute Gasteiger partial charge is 0.310 e. The van der Waals surface area contributed by atoms with Gasteiger partial charge < -0.3 is 5.32 Å². The number of hydrogen-bond donors (Lipinski definition) is 1. The van der Waals surface area contributed by atoms with Gasteiger partial charge in [-0.25, -0.2) is 13.2 Å². The molecule has 0 aliphatic carbocycles. The summed E-state index contributed by atoms with van der Waals surface area (Å²) in [6.45, 7) is 0.706. The Kier molecular flexibility index (Phi) is 3.02. The molecule has 0 radical (unpaired) electrons. The van der Waals surface area contributed by atoms with Crippen LogP contribution in [0.25, 0.3) is 0 Å². The zero-order valence-corrected chi connectivity index (χ0v) is 9.37. The van der Waals surface area contributed by atoms with Gasteiger partial charge in [-0.3, -0.25) is 0 Å². The summed E-state index contributed by atoms with van der Waals surface area (Å²) in [6.07, 6.45) is 1.47. The first kappa shape index (κ1) is 11.0. The Bertz CT molecular complexity index is 362. The molecular weight excluding hydrogens is 271 g/mol. The van der Waals surface area contributed by atoms with E-state index in [1.165, 1.54) is 0 Å². The molecule has 0 amide bonds. The molecule has 5 heteroatoms. The SMILES string of the molecule is Fc1cc(Br)c(F)c(C2CCCN2)c1F. The van der Waals surface area contributed by atoms with Crippen LogP contribution in [-0.2, 0) is 0 Å². The highest BCUT2D eigenvalue weighted by molar-refractivity contribution is 9.10. The topological polar surface area (TPSA) is 12.0 Å². The van der Waals surface area contributed by atoms with Gasteiger partial charge >= 0.3 is 0 Å². The van der Waals surface area contributed by atoms with Crippen LogP contribution in [0.5, 0.6) is 0 Å². The van der Waals surface area contributed by atoms with Crippen molar-refractivity contribution in [2.75, 3.05) is 6.54 Å². The Morgan fingerprint density at radius 2 is 2.00 bits per heavy atom. The van der Waals surface area contributed by atoms with Gasteiger partial charge in [-0.05, 0) is 41.4 Å². The molecule has 1 aromatic rings. The molecular formula is C10H9BrF3N. The molecule has 82 valence electrons. The van der Waals surface area contributed by atoms with E-state index >= 15 is 0 Å². The Morgan fingerprint density at radius 3 is 2.60 bits per heavy atom. The number of rotatable bonds is 1. The van der Waals surface area contributed by atoms with Crippen LogP contribution >= 0.6 is 15.9 Å². The summed E-state index contributed by atoms with van der Waals surface area (Å²) < 4.78 is 40.1. The minimum absolute atomic E-state index is 0.0369. The molecule has 1 atom stereocenters. The van der Waals surface area contributed by atoms with Crippen molar-refractivity contribution in [1.82, 2.24) is 5.32 Å². The molecule has 0 aromatic heterocycles. The van der Waals surface area contributed by atoms with Crippen LogP contribution < -0.4 is 5.32 Å². The average Bonchev–Trinajstić information content (AvgIpc) is 2.69. The molecule has 1 unspecified atom stereocenters. The first-order valence-electron chi connectivity index (χ1n) is 4.67. The van der Waals surface area contributed by atoms with E-state index in [0.717, 1.165) is 12.5 Å². The maximum Gasteiger partial charge on any atom is 0.166 e. The van der Waals surface area contributed by atoms with E-state index in [-0.39, 0.29) is 10.0 Å². The number of hydrogen-bond acceptors (Lipinski definition) is 1. The lowest BCUT2D eigenvalue weighted by molar-refractivity contribution is 0.453. The number of nitrogens with one attached hydrogen (secondary N) is 1. The van der Waals surface area contributed by atoms with Crippen LogP contribution in [0.1, 0.15) is 24.4 Å². The Labute approximate surface area is 93.8 Å². The van der Waals surface area contributed by atoms with Gasteiger partial charge in [0.15, 0.2) is 11.6 Å². The monoisotopic (exact) mass is 279 g/mol. The third kappa shape index (κ3) is 1.90. The summed E-state index contributed by atoms with van der Waals surface area (Å²) >= 11 is 2.87. The summed E-state index contributed by atoms with van der Waals surface area (Å²) in [7, 11) is 0. The van der Waals surface area contributed by atoms with Crippen LogP contribution in [0.4, 0.5) is 13.2 Å². The Balaban J connectivity index is 2.52. The van der Waals surface area contributed by atoms with E-state index in [4.69, 9.17) is 0 Å². The van der Waals surface area contributed by atoms with E-state index in [0.29, 0.717) is 13.0 Å². The second-order valence-corrected chi connectivity index (χ2v) is 4.39. The highest BCUT2D eigenvalue weighted by Gasteiger charge is 2.26. The van der Waals surface area contributed by atoms with Crippen LogP contribution in [0.3, 0.4) is 0 Å². The minimum atomic E-state index is -1.09. The van der Waals surface area contributed by atoms with Crippen molar-refractivity contribution in [2.45, 2.75) is 18.9 Å². The summed E-state index contributed by atoms with van der Waals surface area (Å²) in [6, 6.07) is 0.389. The van der Waals surface area contributed by atoms with Gasteiger partial charge in [-0.1, -0.05) is 0 Å². The Hall–Kier alpha value is -0.550. The molecule has 1 fully saturated rings. The van der Waals surface area contributed by atoms with Crippen molar-refractivity contribution >= 4 is 15.9 Å². The lowest BCUT2D eigenvalue weighted by Gasteiger charge is -2.14. The summed E-state index contributed by atoms with van der Waals surface area (Å²) in [4.78, 5) is 0. The summed E-state index contributed by atoms with van der Waals surface area (Å²) in [5.74, 6) is -2.82. The van der Waals surface area contributed by atoms with Crippen LogP contribution in [-0.4, -0.2) is 6.54 Å². The van der Waals surface area contributed by atoms with E-state index in [1.54, 1.807) is 0 Å². The van der Waals surface area contributed by atoms with Gasteiger partial charge in [0.05, 0.1) is 4.47 Å². The standard InChI is InChI=1S/C10H9BrF3N/c11-5-4-6(12)10(14)8(9(5)13)7-2-1-3-15-7/h4,7,15H,1-3H2. The smallest absolute Gasteiger partial charge is 0.166 e. The number of halogens is 4. The molecule has 1 aliphatic heterocycles. The molecule has 1 aromatic carbocycles. The third-order valence-corrected chi connectivity index (χ3v) is 3.13. The van der Waals surface area contributed by atoms with Gasteiger partial charge in [0, 0.05) is 11.6 Å². The van der Waals surface area contributed by atoms with Crippen LogP contribution in [0.15, 0.2) is 10.5 Å². The van der Waals surface area contributed by atoms with E-state index in [1.807, 2.05) is 0 Å². The quantitative estimate of drug-likeness (QED) is 0.778. The molecule has 0 saturated carbocycles. The van der Waals surface area contributed by atoms with Crippen molar-refractivity contribution in [3.8, 4) is 0 Å². The fraction of sp³-hybridized carbons (Fsp3) is 0.400. The van der Waals surface area contributed by atoms with E-state index in [9.17, 15) is 13.2 Å². The van der Waals surface area contributed by atoms with E-state index < -0.39 is 23.5 Å². The second-order valence-electron chi connectivity index (χ2n) is 3.53. The lowest BCUT2D eigenvalue weighted by atomic mass is 10.0. The molecule has 0 spiro atoms. The highest BCUT2D eigenvalue weighted by atomic mass is 79.9. The van der Waals surface area contributed by atoms with Crippen molar-refractivity contribution in [3.63, 3.8) is 0 Å². The van der Waals surface area contributed by atoms with Gasteiger partial charge in [0.2, 0.25) is 0 Å². The molecule has 1 heterocycles. The Morgan fingerprint density at radius 1 is 1.27 bits per heavy atom. The van der Waals surface area contributed by atoms with Crippen LogP contribution in [0, 0.1) is 17.5 Å². The second kappa shape index (κ2) is 4.14. The molecule has 1 N–H and O–H groups in total. The average molecular weight is 280 g/mol. The van der Waals surface area contributed by atoms with Crippen molar-refractivity contribution in [2.24, 2.45) is 0 Å². The molecule has 0 bridgehead atoms. The summed E-state index contributed by atoms with van der Waals surface area (Å²) in [5, 5.41) is 2.94. The first-order chi connectivity index (χ1) is 7.11. The first-order valence-corrected chi connectivity index (χ1v) is 5.47. The lowest BCUT2D eigenvalue weighted by Crippen LogP contribution is -2.17. The molecule has 1 saturated heterocycles. The van der Waals surface area contributed by atoms with Gasteiger partial charge in [0.25, 0.3) is 0 Å². The maximum absolute atomic E-state index is 13.6. The van der Waals surface area contributed by atoms with E-state index in [2.05, 4.69) is 21.2 Å². The predicted molar refractivity (Wildman–Crippen MR) is 54.0 cm³/mol. The predicted octanol–water partition coefficient (Wildman–Crippen LogP) is 3.29. The zero-order chi connectivity index (χ0) is 11.0. The fourth-order valence-corrected chi connectivity index (χ4v) is 2.24. The molecule has 15 heavy (non-hydrogen) atoms. The maximum atomic E-state index is 13.6. The van der Waals surface area contributed by atoms with Gasteiger partial charge in [0.1, 0.15) is 5.82 Å². The normalized spacial score (nSPS) is 20.9. The highest BCUT2D eigenvalue weighted by Crippen LogP contribution is 2.32. The van der Waals surface area contributed by atoms with Gasteiger partial charge in [-0.15, -0.1) is 0 Å². The van der Waals surface area contributed by atoms with Crippen molar-refractivity contribution in [1.29, 1.82) is 0 Å². The fourth-order valence-electron chi connectivity index (χ4n) is 1.83. The third-order valence-electron chi connectivity index (χ3n) is 2.55. The minimum Gasteiger partial charge on any atom is -0.310 e. The van der Waals surface area contributed by atoms with Crippen LogP contribution in [0.2, 0.25) is 0 Å².